The van der Waals surface area contributed by atoms with E-state index >= 15 is 0 Å². The molecule has 0 aliphatic carbocycles. The van der Waals surface area contributed by atoms with Crippen molar-refractivity contribution in [2.24, 2.45) is 0 Å². The number of morpholine rings is 1. The second-order valence-corrected chi connectivity index (χ2v) is 11.1. The van der Waals surface area contributed by atoms with Crippen LogP contribution in [0.2, 0.25) is 0 Å². The minimum Gasteiger partial charge on any atom is -0.497 e. The topological polar surface area (TPSA) is 104 Å². The van der Waals surface area contributed by atoms with E-state index in [1.165, 1.54) is 22.1 Å². The molecule has 4 heterocycles. The van der Waals surface area contributed by atoms with Crippen LogP contribution >= 0.6 is 0 Å². The lowest BCUT2D eigenvalue weighted by atomic mass is 10.1. The Morgan fingerprint density at radius 2 is 1.92 bits per heavy atom. The zero-order valence-electron chi connectivity index (χ0n) is 22.5. The van der Waals surface area contributed by atoms with E-state index in [4.69, 9.17) is 9.47 Å². The third kappa shape index (κ3) is 5.66. The molecule has 5 rings (SSSR count). The van der Waals surface area contributed by atoms with Crippen LogP contribution in [0.15, 0.2) is 47.4 Å². The maximum atomic E-state index is 13.5. The Balaban J connectivity index is 1.40. The minimum absolute atomic E-state index is 0.164. The molecule has 38 heavy (non-hydrogen) atoms. The van der Waals surface area contributed by atoms with E-state index in [2.05, 4.69) is 20.3 Å². The average molecular weight is 521 g/mol. The number of fused-ring (bicyclic) bond motifs is 2. The van der Waals surface area contributed by atoms with Gasteiger partial charge >= 0.3 is 5.69 Å². The molecule has 0 saturated carbocycles. The van der Waals surface area contributed by atoms with Gasteiger partial charge in [0, 0.05) is 35.9 Å². The molecule has 2 aliphatic rings. The third-order valence-corrected chi connectivity index (χ3v) is 7.08. The Morgan fingerprint density at radius 1 is 1.16 bits per heavy atom. The maximum absolute atomic E-state index is 13.5. The van der Waals surface area contributed by atoms with Crippen LogP contribution in [0.1, 0.15) is 39.2 Å². The number of methoxy groups -OCH3 is 1. The molecule has 2 fully saturated rings. The first-order valence-corrected chi connectivity index (χ1v) is 13.2. The minimum atomic E-state index is -0.433. The summed E-state index contributed by atoms with van der Waals surface area (Å²) in [5, 5.41) is 7.52. The summed E-state index contributed by atoms with van der Waals surface area (Å²) < 4.78 is 13.7. The molecule has 3 aromatic rings. The first kappa shape index (κ1) is 26.1. The number of benzene rings is 1. The number of pyridine rings is 1. The molecule has 10 nitrogen and oxygen atoms in total. The van der Waals surface area contributed by atoms with Crippen molar-refractivity contribution in [3.05, 3.63) is 58.6 Å². The van der Waals surface area contributed by atoms with E-state index < -0.39 is 11.2 Å². The summed E-state index contributed by atoms with van der Waals surface area (Å²) in [4.78, 5) is 33.4. The molecule has 0 spiro atoms. The van der Waals surface area contributed by atoms with Gasteiger partial charge < -0.3 is 14.8 Å². The van der Waals surface area contributed by atoms with E-state index in [9.17, 15) is 9.59 Å². The molecule has 202 valence electrons. The summed E-state index contributed by atoms with van der Waals surface area (Å²) >= 11 is 0. The van der Waals surface area contributed by atoms with Crippen molar-refractivity contribution in [2.75, 3.05) is 26.9 Å². The van der Waals surface area contributed by atoms with E-state index in [0.29, 0.717) is 35.0 Å². The number of nitrogens with one attached hydrogen (secondary N) is 1. The van der Waals surface area contributed by atoms with Gasteiger partial charge in [0.25, 0.3) is 0 Å². The molecule has 10 heteroatoms. The first-order valence-electron chi connectivity index (χ1n) is 13.2. The molecular formula is C28H36N6O4. The van der Waals surface area contributed by atoms with Gasteiger partial charge in [-0.25, -0.2) is 9.78 Å². The van der Waals surface area contributed by atoms with Gasteiger partial charge in [-0.1, -0.05) is 18.2 Å². The Morgan fingerprint density at radius 3 is 2.58 bits per heavy atom. The van der Waals surface area contributed by atoms with Gasteiger partial charge in [-0.2, -0.15) is 4.68 Å². The third-order valence-electron chi connectivity index (χ3n) is 7.08. The number of aromatic nitrogens is 4. The molecule has 0 radical (unpaired) electrons. The number of carbonyl (C=O) groups is 1. The SMILES string of the molecule is COc1cccc(-c2nn(-c3ccc(CCN4C5CCC4COC5)cn3)c(=O)n2CC(=O)NC(C)(C)C)c1. The summed E-state index contributed by atoms with van der Waals surface area (Å²) in [5.41, 5.74) is 0.910. The van der Waals surface area contributed by atoms with Crippen molar-refractivity contribution in [1.82, 2.24) is 29.5 Å². The monoisotopic (exact) mass is 520 g/mol. The van der Waals surface area contributed by atoms with Crippen molar-refractivity contribution >= 4 is 5.91 Å². The van der Waals surface area contributed by atoms with Crippen LogP contribution in [0.25, 0.3) is 17.2 Å². The fraction of sp³-hybridized carbons (Fsp3) is 0.500. The number of carbonyl (C=O) groups excluding carboxylic acids is 1. The zero-order valence-corrected chi connectivity index (χ0v) is 22.5. The summed E-state index contributed by atoms with van der Waals surface area (Å²) in [7, 11) is 1.58. The van der Waals surface area contributed by atoms with Gasteiger partial charge in [-0.15, -0.1) is 5.10 Å². The molecule has 2 saturated heterocycles. The van der Waals surface area contributed by atoms with E-state index in [1.807, 2.05) is 51.1 Å². The van der Waals surface area contributed by atoms with Crippen LogP contribution in [0, 0.1) is 0 Å². The Hall–Kier alpha value is -3.50. The summed E-state index contributed by atoms with van der Waals surface area (Å²) in [5.74, 6) is 1.13. The van der Waals surface area contributed by atoms with E-state index in [-0.39, 0.29) is 12.5 Å². The molecule has 2 aliphatic heterocycles. The molecular weight excluding hydrogens is 484 g/mol. The smallest absolute Gasteiger partial charge is 0.352 e. The number of hydrogen-bond donors (Lipinski definition) is 1. The first-order chi connectivity index (χ1) is 18.2. The van der Waals surface area contributed by atoms with Crippen molar-refractivity contribution in [3.8, 4) is 23.0 Å². The summed E-state index contributed by atoms with van der Waals surface area (Å²) in [6, 6.07) is 12.1. The van der Waals surface area contributed by atoms with Crippen LogP contribution in [0.4, 0.5) is 0 Å². The Labute approximate surface area is 222 Å². The van der Waals surface area contributed by atoms with Crippen molar-refractivity contribution in [1.29, 1.82) is 0 Å². The molecule has 2 bridgehead atoms. The van der Waals surface area contributed by atoms with E-state index in [1.54, 1.807) is 19.4 Å². The molecule has 1 amide bonds. The predicted octanol–water partition coefficient (Wildman–Crippen LogP) is 2.43. The second-order valence-electron chi connectivity index (χ2n) is 11.1. The van der Waals surface area contributed by atoms with Crippen molar-refractivity contribution in [3.63, 3.8) is 0 Å². The van der Waals surface area contributed by atoms with Crippen molar-refractivity contribution < 1.29 is 14.3 Å². The highest BCUT2D eigenvalue weighted by Gasteiger charge is 2.36. The van der Waals surface area contributed by atoms with Crippen LogP contribution < -0.4 is 15.7 Å². The van der Waals surface area contributed by atoms with E-state index in [0.717, 1.165) is 31.7 Å². The van der Waals surface area contributed by atoms with Crippen LogP contribution in [-0.4, -0.2) is 74.6 Å². The van der Waals surface area contributed by atoms with Gasteiger partial charge in [0.05, 0.1) is 20.3 Å². The Kier molecular flexibility index (Phi) is 7.36. The predicted molar refractivity (Wildman–Crippen MR) is 144 cm³/mol. The van der Waals surface area contributed by atoms with Crippen LogP contribution in [-0.2, 0) is 22.5 Å². The molecule has 1 N–H and O–H groups in total. The lowest BCUT2D eigenvalue weighted by molar-refractivity contribution is -0.123. The lowest BCUT2D eigenvalue weighted by Crippen LogP contribution is -2.46. The zero-order chi connectivity index (χ0) is 26.9. The number of rotatable bonds is 8. The Bertz CT molecular complexity index is 1320. The van der Waals surface area contributed by atoms with Crippen LogP contribution in [0.3, 0.4) is 0 Å². The van der Waals surface area contributed by atoms with Gasteiger partial charge in [0.1, 0.15) is 12.3 Å². The van der Waals surface area contributed by atoms with Crippen LogP contribution in [0.5, 0.6) is 5.75 Å². The standard InChI is InChI=1S/C28H36N6O4/c1-28(2,3)30-25(35)16-33-26(20-6-5-7-23(14-20)37-4)31-34(27(33)36)24-11-8-19(15-29-24)12-13-32-21-9-10-22(32)18-38-17-21/h5-8,11,14-15,21-22H,9-10,12-13,16-18H2,1-4H3,(H,30,35). The molecule has 2 aromatic heterocycles. The highest BCUT2D eigenvalue weighted by molar-refractivity contribution is 5.77. The number of ether oxygens (including phenoxy) is 2. The second kappa shape index (κ2) is 10.7. The molecule has 2 unspecified atom stereocenters. The lowest BCUT2D eigenvalue weighted by Gasteiger charge is -2.34. The highest BCUT2D eigenvalue weighted by Crippen LogP contribution is 2.28. The quantitative estimate of drug-likeness (QED) is 0.487. The number of nitrogens with zero attached hydrogens (tertiary/aromatic N) is 5. The van der Waals surface area contributed by atoms with Gasteiger partial charge in [-0.3, -0.25) is 14.3 Å². The fourth-order valence-corrected chi connectivity index (χ4v) is 5.29. The van der Waals surface area contributed by atoms with Crippen molar-refractivity contribution in [2.45, 2.75) is 64.2 Å². The maximum Gasteiger partial charge on any atom is 0.352 e. The highest BCUT2D eigenvalue weighted by atomic mass is 16.5. The summed E-state index contributed by atoms with van der Waals surface area (Å²) in [6.45, 7) is 8.14. The fourth-order valence-electron chi connectivity index (χ4n) is 5.29. The number of amides is 1. The molecule has 1 aromatic carbocycles. The largest absolute Gasteiger partial charge is 0.497 e. The van der Waals surface area contributed by atoms with Gasteiger partial charge in [-0.05, 0) is 63.8 Å². The summed E-state index contributed by atoms with van der Waals surface area (Å²) in [6.07, 6.45) is 5.10. The number of hydrogen-bond acceptors (Lipinski definition) is 7. The van der Waals surface area contributed by atoms with Gasteiger partial charge in [0.15, 0.2) is 11.6 Å². The average Bonchev–Trinajstić information content (AvgIpc) is 3.32. The van der Waals surface area contributed by atoms with Gasteiger partial charge in [0.2, 0.25) is 5.91 Å². The normalized spacial score (nSPS) is 19.5. The molecule has 2 atom stereocenters.